The number of methoxy groups -OCH3 is 1. The lowest BCUT2D eigenvalue weighted by atomic mass is 9.73. The second-order valence-corrected chi connectivity index (χ2v) is 5.54. The van der Waals surface area contributed by atoms with Crippen LogP contribution >= 0.6 is 0 Å². The number of esters is 1. The number of carbonyl (C=O) groups is 1. The fraction of sp³-hybridized carbons (Fsp3) is 0.643. The Morgan fingerprint density at radius 2 is 2.00 bits per heavy atom. The van der Waals surface area contributed by atoms with Crippen molar-refractivity contribution < 1.29 is 19.1 Å². The predicted octanol–water partition coefficient (Wildman–Crippen LogP) is 2.71. The number of hydrogen-bond donors (Lipinski definition) is 1. The summed E-state index contributed by atoms with van der Waals surface area (Å²) < 4.78 is 10.0. The number of carbonyl (C=O) groups excluding carboxylic acids is 1. The molecule has 2 atom stereocenters. The Morgan fingerprint density at radius 3 is 2.56 bits per heavy atom. The molecule has 1 N–H and O–H groups in total. The lowest BCUT2D eigenvalue weighted by molar-refractivity contribution is -0.0531. The van der Waals surface area contributed by atoms with Crippen LogP contribution in [0, 0.1) is 11.8 Å². The Kier molecular flexibility index (Phi) is 3.48. The molecule has 4 heteroatoms. The van der Waals surface area contributed by atoms with Gasteiger partial charge in [0, 0.05) is 0 Å². The SMILES string of the molecule is COC(=O)c1ccc(C2(O)CC(C)CC(C)C2)o1. The van der Waals surface area contributed by atoms with Gasteiger partial charge in [0.1, 0.15) is 11.4 Å². The van der Waals surface area contributed by atoms with Crippen LogP contribution in [0.2, 0.25) is 0 Å². The van der Waals surface area contributed by atoms with E-state index in [-0.39, 0.29) is 5.76 Å². The number of ether oxygens (including phenoxy) is 1. The predicted molar refractivity (Wildman–Crippen MR) is 66.1 cm³/mol. The quantitative estimate of drug-likeness (QED) is 0.822. The molecule has 0 bridgehead atoms. The first kappa shape index (κ1) is 13.1. The first-order valence-electron chi connectivity index (χ1n) is 6.35. The highest BCUT2D eigenvalue weighted by Crippen LogP contribution is 2.42. The summed E-state index contributed by atoms with van der Waals surface area (Å²) in [6.07, 6.45) is 2.46. The van der Waals surface area contributed by atoms with Gasteiger partial charge >= 0.3 is 5.97 Å². The monoisotopic (exact) mass is 252 g/mol. The number of rotatable bonds is 2. The molecule has 0 aromatic carbocycles. The molecule has 1 saturated carbocycles. The van der Waals surface area contributed by atoms with Crippen LogP contribution in [0.25, 0.3) is 0 Å². The highest BCUT2D eigenvalue weighted by molar-refractivity contribution is 5.86. The molecule has 0 saturated heterocycles. The zero-order chi connectivity index (χ0) is 13.3. The first-order valence-corrected chi connectivity index (χ1v) is 6.35. The summed E-state index contributed by atoms with van der Waals surface area (Å²) in [5.41, 5.74) is -0.955. The van der Waals surface area contributed by atoms with Crippen molar-refractivity contribution in [3.05, 3.63) is 23.7 Å². The smallest absolute Gasteiger partial charge is 0.373 e. The van der Waals surface area contributed by atoms with E-state index in [0.717, 1.165) is 6.42 Å². The molecule has 1 heterocycles. The van der Waals surface area contributed by atoms with Gasteiger partial charge in [-0.15, -0.1) is 0 Å². The molecule has 0 spiro atoms. The fourth-order valence-corrected chi connectivity index (χ4v) is 3.09. The van der Waals surface area contributed by atoms with Gasteiger partial charge in [-0.3, -0.25) is 0 Å². The van der Waals surface area contributed by atoms with E-state index in [1.54, 1.807) is 12.1 Å². The maximum absolute atomic E-state index is 11.3. The second kappa shape index (κ2) is 4.76. The van der Waals surface area contributed by atoms with Crippen molar-refractivity contribution in [3.8, 4) is 0 Å². The third kappa shape index (κ3) is 2.43. The van der Waals surface area contributed by atoms with Crippen molar-refractivity contribution in [3.63, 3.8) is 0 Å². The van der Waals surface area contributed by atoms with E-state index < -0.39 is 11.6 Å². The summed E-state index contributed by atoms with van der Waals surface area (Å²) in [5, 5.41) is 10.7. The molecule has 0 amide bonds. The zero-order valence-corrected chi connectivity index (χ0v) is 11.1. The van der Waals surface area contributed by atoms with Gasteiger partial charge in [-0.25, -0.2) is 4.79 Å². The molecule has 1 aliphatic carbocycles. The highest BCUT2D eigenvalue weighted by atomic mass is 16.5. The van der Waals surface area contributed by atoms with E-state index in [2.05, 4.69) is 18.6 Å². The van der Waals surface area contributed by atoms with Crippen LogP contribution in [0.4, 0.5) is 0 Å². The molecular formula is C14H20O4. The number of hydrogen-bond acceptors (Lipinski definition) is 4. The third-order valence-electron chi connectivity index (χ3n) is 3.63. The fourth-order valence-electron chi connectivity index (χ4n) is 3.09. The lowest BCUT2D eigenvalue weighted by Crippen LogP contribution is -2.35. The van der Waals surface area contributed by atoms with E-state index in [1.807, 2.05) is 0 Å². The Labute approximate surface area is 107 Å². The Bertz CT molecular complexity index is 425. The van der Waals surface area contributed by atoms with Gasteiger partial charge in [0.2, 0.25) is 5.76 Å². The van der Waals surface area contributed by atoms with E-state index >= 15 is 0 Å². The topological polar surface area (TPSA) is 59.7 Å². The number of aliphatic hydroxyl groups is 1. The van der Waals surface area contributed by atoms with Crippen LogP contribution < -0.4 is 0 Å². The summed E-state index contributed by atoms with van der Waals surface area (Å²) >= 11 is 0. The summed E-state index contributed by atoms with van der Waals surface area (Å²) in [4.78, 5) is 11.3. The molecule has 1 aliphatic rings. The highest BCUT2D eigenvalue weighted by Gasteiger charge is 2.40. The minimum Gasteiger partial charge on any atom is -0.463 e. The molecule has 0 aliphatic heterocycles. The van der Waals surface area contributed by atoms with Crippen molar-refractivity contribution in [1.29, 1.82) is 0 Å². The molecule has 0 radical (unpaired) electrons. The van der Waals surface area contributed by atoms with Crippen LogP contribution in [0.3, 0.4) is 0 Å². The molecule has 1 fully saturated rings. The largest absolute Gasteiger partial charge is 0.463 e. The van der Waals surface area contributed by atoms with Crippen molar-refractivity contribution in [1.82, 2.24) is 0 Å². The molecular weight excluding hydrogens is 232 g/mol. The van der Waals surface area contributed by atoms with E-state index in [1.165, 1.54) is 7.11 Å². The Balaban J connectivity index is 2.24. The maximum atomic E-state index is 11.3. The van der Waals surface area contributed by atoms with Crippen LogP contribution in [0.5, 0.6) is 0 Å². The molecule has 100 valence electrons. The van der Waals surface area contributed by atoms with Gasteiger partial charge in [0.15, 0.2) is 0 Å². The summed E-state index contributed by atoms with van der Waals surface area (Å²) in [7, 11) is 1.31. The average Bonchev–Trinajstić information content (AvgIpc) is 2.76. The molecule has 1 aromatic rings. The summed E-state index contributed by atoms with van der Waals surface area (Å²) in [6, 6.07) is 3.24. The van der Waals surface area contributed by atoms with E-state index in [0.29, 0.717) is 30.4 Å². The molecule has 1 aromatic heterocycles. The van der Waals surface area contributed by atoms with Gasteiger partial charge < -0.3 is 14.3 Å². The van der Waals surface area contributed by atoms with Crippen LogP contribution in [-0.4, -0.2) is 18.2 Å². The average molecular weight is 252 g/mol. The minimum absolute atomic E-state index is 0.145. The van der Waals surface area contributed by atoms with Crippen molar-refractivity contribution in [2.45, 2.75) is 38.7 Å². The van der Waals surface area contributed by atoms with Crippen molar-refractivity contribution in [2.75, 3.05) is 7.11 Å². The van der Waals surface area contributed by atoms with Crippen LogP contribution in [0.1, 0.15) is 49.4 Å². The lowest BCUT2D eigenvalue weighted by Gasteiger charge is -2.37. The van der Waals surface area contributed by atoms with E-state index in [4.69, 9.17) is 4.42 Å². The molecule has 4 nitrogen and oxygen atoms in total. The standard InChI is InChI=1S/C14H20O4/c1-9-6-10(2)8-14(16,7-9)12-5-4-11(18-12)13(15)17-3/h4-5,9-10,16H,6-8H2,1-3H3. The maximum Gasteiger partial charge on any atom is 0.373 e. The second-order valence-electron chi connectivity index (χ2n) is 5.54. The van der Waals surface area contributed by atoms with Crippen molar-refractivity contribution >= 4 is 5.97 Å². The summed E-state index contributed by atoms with van der Waals surface area (Å²) in [5.74, 6) is 1.01. The van der Waals surface area contributed by atoms with Gasteiger partial charge in [-0.2, -0.15) is 0 Å². The van der Waals surface area contributed by atoms with Crippen LogP contribution in [-0.2, 0) is 10.3 Å². The molecule has 18 heavy (non-hydrogen) atoms. The minimum atomic E-state index is -0.955. The Hall–Kier alpha value is -1.29. The van der Waals surface area contributed by atoms with E-state index in [9.17, 15) is 9.90 Å². The zero-order valence-electron chi connectivity index (χ0n) is 11.1. The number of furan rings is 1. The van der Waals surface area contributed by atoms with Gasteiger partial charge in [-0.1, -0.05) is 13.8 Å². The normalized spacial score (nSPS) is 32.2. The van der Waals surface area contributed by atoms with Gasteiger partial charge in [-0.05, 0) is 43.2 Å². The summed E-state index contributed by atoms with van der Waals surface area (Å²) in [6.45, 7) is 4.26. The Morgan fingerprint density at radius 1 is 1.39 bits per heavy atom. The van der Waals surface area contributed by atoms with Crippen molar-refractivity contribution in [2.24, 2.45) is 11.8 Å². The molecule has 2 unspecified atom stereocenters. The first-order chi connectivity index (χ1) is 8.44. The van der Waals surface area contributed by atoms with Gasteiger partial charge in [0.05, 0.1) is 7.11 Å². The van der Waals surface area contributed by atoms with Gasteiger partial charge in [0.25, 0.3) is 0 Å². The van der Waals surface area contributed by atoms with Crippen LogP contribution in [0.15, 0.2) is 16.5 Å². The third-order valence-corrected chi connectivity index (χ3v) is 3.63. The molecule has 2 rings (SSSR count).